The molecule has 2 aromatic heterocycles. The highest BCUT2D eigenvalue weighted by atomic mass is 35.5. The average molecular weight is 244 g/mol. The van der Waals surface area contributed by atoms with Gasteiger partial charge in [0, 0.05) is 29.0 Å². The van der Waals surface area contributed by atoms with E-state index in [1.54, 1.807) is 12.4 Å². The molecule has 0 aliphatic rings. The van der Waals surface area contributed by atoms with Crippen LogP contribution in [-0.4, -0.2) is 14.5 Å². The minimum Gasteiger partial charge on any atom is -0.303 e. The first-order valence-electron chi connectivity index (χ1n) is 5.30. The van der Waals surface area contributed by atoms with Crippen LogP contribution in [0.5, 0.6) is 0 Å². The van der Waals surface area contributed by atoms with Gasteiger partial charge in [-0.3, -0.25) is 4.98 Å². The van der Waals surface area contributed by atoms with Gasteiger partial charge in [-0.05, 0) is 31.2 Å². The Kier molecular flexibility index (Phi) is 2.34. The molecule has 0 fully saturated rings. The summed E-state index contributed by atoms with van der Waals surface area (Å²) in [4.78, 5) is 8.56. The number of hydrogen-bond donors (Lipinski definition) is 0. The van der Waals surface area contributed by atoms with Crippen molar-refractivity contribution in [1.29, 1.82) is 0 Å². The van der Waals surface area contributed by atoms with Crippen molar-refractivity contribution in [2.45, 2.75) is 6.92 Å². The fraction of sp³-hybridized carbons (Fsp3) is 0.0769. The van der Waals surface area contributed by atoms with Crippen molar-refractivity contribution in [3.63, 3.8) is 0 Å². The first-order valence-corrected chi connectivity index (χ1v) is 5.68. The molecule has 1 aromatic carbocycles. The van der Waals surface area contributed by atoms with Gasteiger partial charge in [-0.25, -0.2) is 4.98 Å². The maximum Gasteiger partial charge on any atom is 0.110 e. The summed E-state index contributed by atoms with van der Waals surface area (Å²) in [6, 6.07) is 7.71. The van der Waals surface area contributed by atoms with Gasteiger partial charge in [0.15, 0.2) is 0 Å². The van der Waals surface area contributed by atoms with Gasteiger partial charge in [-0.1, -0.05) is 11.6 Å². The van der Waals surface area contributed by atoms with Crippen molar-refractivity contribution in [2.75, 3.05) is 0 Å². The van der Waals surface area contributed by atoms with Gasteiger partial charge in [-0.2, -0.15) is 0 Å². The molecule has 3 rings (SSSR count). The predicted molar refractivity (Wildman–Crippen MR) is 68.6 cm³/mol. The molecule has 0 N–H and O–H groups in total. The Hall–Kier alpha value is -1.87. The van der Waals surface area contributed by atoms with E-state index in [1.165, 1.54) is 0 Å². The van der Waals surface area contributed by atoms with Crippen LogP contribution in [-0.2, 0) is 0 Å². The fourth-order valence-electron chi connectivity index (χ4n) is 1.95. The molecule has 0 aliphatic heterocycles. The normalized spacial score (nSPS) is 10.9. The Balaban J connectivity index is 2.34. The van der Waals surface area contributed by atoms with E-state index in [-0.39, 0.29) is 0 Å². The number of aromatic nitrogens is 3. The zero-order valence-corrected chi connectivity index (χ0v) is 10.0. The van der Waals surface area contributed by atoms with Crippen LogP contribution in [0.2, 0.25) is 5.02 Å². The second-order valence-corrected chi connectivity index (χ2v) is 4.27. The minimum absolute atomic E-state index is 0.699. The van der Waals surface area contributed by atoms with E-state index < -0.39 is 0 Å². The lowest BCUT2D eigenvalue weighted by molar-refractivity contribution is 0.980. The molecule has 0 spiro atoms. The van der Waals surface area contributed by atoms with Gasteiger partial charge in [0.2, 0.25) is 0 Å². The zero-order valence-electron chi connectivity index (χ0n) is 9.26. The summed E-state index contributed by atoms with van der Waals surface area (Å²) in [6.45, 7) is 1.97. The number of hydrogen-bond acceptors (Lipinski definition) is 2. The lowest BCUT2D eigenvalue weighted by Gasteiger charge is -2.08. The van der Waals surface area contributed by atoms with Crippen molar-refractivity contribution >= 4 is 22.5 Å². The van der Waals surface area contributed by atoms with Gasteiger partial charge in [-0.15, -0.1) is 0 Å². The van der Waals surface area contributed by atoms with E-state index in [4.69, 9.17) is 11.6 Å². The number of benzene rings is 1. The number of pyridine rings is 1. The summed E-state index contributed by atoms with van der Waals surface area (Å²) in [6.07, 6.45) is 5.52. The van der Waals surface area contributed by atoms with E-state index in [0.29, 0.717) is 5.02 Å². The highest BCUT2D eigenvalue weighted by molar-refractivity contribution is 6.31. The molecule has 0 radical (unpaired) electrons. The van der Waals surface area contributed by atoms with Crippen LogP contribution < -0.4 is 0 Å². The van der Waals surface area contributed by atoms with Crippen LogP contribution in [0, 0.1) is 6.92 Å². The maximum atomic E-state index is 5.97. The number of fused-ring (bicyclic) bond motifs is 1. The molecular weight excluding hydrogens is 234 g/mol. The molecule has 0 atom stereocenters. The van der Waals surface area contributed by atoms with Crippen LogP contribution in [0.15, 0.2) is 42.9 Å². The van der Waals surface area contributed by atoms with Crippen LogP contribution in [0.4, 0.5) is 0 Å². The first-order chi connectivity index (χ1) is 8.25. The molecule has 17 heavy (non-hydrogen) atoms. The molecule has 3 nitrogen and oxygen atoms in total. The lowest BCUT2D eigenvalue weighted by Crippen LogP contribution is -1.97. The molecule has 2 heterocycles. The monoisotopic (exact) mass is 243 g/mol. The van der Waals surface area contributed by atoms with Gasteiger partial charge >= 0.3 is 0 Å². The summed E-state index contributed by atoms with van der Waals surface area (Å²) < 4.78 is 2.04. The van der Waals surface area contributed by atoms with Crippen LogP contribution in [0.3, 0.4) is 0 Å². The molecular formula is C13H10ClN3. The van der Waals surface area contributed by atoms with E-state index in [0.717, 1.165) is 22.4 Å². The smallest absolute Gasteiger partial charge is 0.110 e. The molecule has 0 amide bonds. The van der Waals surface area contributed by atoms with Crippen molar-refractivity contribution in [3.05, 3.63) is 53.7 Å². The molecule has 0 saturated carbocycles. The predicted octanol–water partition coefficient (Wildman–Crippen LogP) is 3.38. The SMILES string of the molecule is Cc1nccn1-c1ccnc2cc(Cl)ccc12. The summed E-state index contributed by atoms with van der Waals surface area (Å²) in [7, 11) is 0. The highest BCUT2D eigenvalue weighted by Gasteiger charge is 2.06. The minimum atomic E-state index is 0.699. The van der Waals surface area contributed by atoms with Gasteiger partial charge in [0.05, 0.1) is 11.2 Å². The average Bonchev–Trinajstić information content (AvgIpc) is 2.74. The lowest BCUT2D eigenvalue weighted by atomic mass is 10.2. The molecule has 0 unspecified atom stereocenters. The van der Waals surface area contributed by atoms with Gasteiger partial charge < -0.3 is 4.57 Å². The summed E-state index contributed by atoms with van der Waals surface area (Å²) in [5.41, 5.74) is 1.96. The van der Waals surface area contributed by atoms with Crippen molar-refractivity contribution in [1.82, 2.24) is 14.5 Å². The van der Waals surface area contributed by atoms with E-state index in [1.807, 2.05) is 42.0 Å². The quantitative estimate of drug-likeness (QED) is 0.656. The van der Waals surface area contributed by atoms with Crippen molar-refractivity contribution in [2.24, 2.45) is 0 Å². The number of rotatable bonds is 1. The topological polar surface area (TPSA) is 30.7 Å². The standard InChI is InChI=1S/C13H10ClN3/c1-9-15-6-7-17(9)13-4-5-16-12-8-10(14)2-3-11(12)13/h2-8H,1H3. The largest absolute Gasteiger partial charge is 0.303 e. The molecule has 0 bridgehead atoms. The molecule has 0 saturated heterocycles. The Morgan fingerprint density at radius 2 is 2.00 bits per heavy atom. The van der Waals surface area contributed by atoms with E-state index in [2.05, 4.69) is 9.97 Å². The number of aryl methyl sites for hydroxylation is 1. The third kappa shape index (κ3) is 1.68. The summed E-state index contributed by atoms with van der Waals surface area (Å²) >= 11 is 5.97. The molecule has 3 aromatic rings. The van der Waals surface area contributed by atoms with Crippen molar-refractivity contribution < 1.29 is 0 Å². The number of imidazole rings is 1. The highest BCUT2D eigenvalue weighted by Crippen LogP contribution is 2.24. The van der Waals surface area contributed by atoms with Crippen LogP contribution in [0.25, 0.3) is 16.6 Å². The summed E-state index contributed by atoms with van der Waals surface area (Å²) in [5.74, 6) is 0.951. The second-order valence-electron chi connectivity index (χ2n) is 3.84. The van der Waals surface area contributed by atoms with Crippen LogP contribution >= 0.6 is 11.6 Å². The number of nitrogens with zero attached hydrogens (tertiary/aromatic N) is 3. The Morgan fingerprint density at radius 1 is 1.12 bits per heavy atom. The second kappa shape index (κ2) is 3.86. The fourth-order valence-corrected chi connectivity index (χ4v) is 2.12. The van der Waals surface area contributed by atoms with E-state index >= 15 is 0 Å². The van der Waals surface area contributed by atoms with E-state index in [9.17, 15) is 0 Å². The Morgan fingerprint density at radius 3 is 2.76 bits per heavy atom. The van der Waals surface area contributed by atoms with Crippen molar-refractivity contribution in [3.8, 4) is 5.69 Å². The third-order valence-corrected chi connectivity index (χ3v) is 3.00. The van der Waals surface area contributed by atoms with Gasteiger partial charge in [0.1, 0.15) is 5.82 Å². The first kappa shape index (κ1) is 10.3. The third-order valence-electron chi connectivity index (χ3n) is 2.77. The summed E-state index contributed by atoms with van der Waals surface area (Å²) in [5, 5.41) is 1.77. The van der Waals surface area contributed by atoms with Gasteiger partial charge in [0.25, 0.3) is 0 Å². The maximum absolute atomic E-state index is 5.97. The Labute approximate surface area is 104 Å². The molecule has 4 heteroatoms. The zero-order chi connectivity index (χ0) is 11.8. The number of halogens is 1. The van der Waals surface area contributed by atoms with Crippen LogP contribution in [0.1, 0.15) is 5.82 Å². The molecule has 0 aliphatic carbocycles. The Bertz CT molecular complexity index is 688. The molecule has 84 valence electrons.